The van der Waals surface area contributed by atoms with Crippen molar-refractivity contribution in [3.63, 3.8) is 0 Å². The van der Waals surface area contributed by atoms with Gasteiger partial charge in [-0.2, -0.15) is 5.10 Å². The summed E-state index contributed by atoms with van der Waals surface area (Å²) in [7, 11) is 0. The maximum Gasteiger partial charge on any atom is 0.104 e. The Kier molecular flexibility index (Phi) is 1.83. The standard InChI is InChI=1S/C12H12N4/c1-7-6-13-16-12(7)9-3-4-10-11(5-9)15-8(2)14-10/h3-6H,1-2H3,(H,13,16)(H,14,15). The molecule has 0 aliphatic rings. The van der Waals surface area contributed by atoms with Crippen LogP contribution in [0.3, 0.4) is 0 Å². The van der Waals surface area contributed by atoms with Crippen molar-refractivity contribution >= 4 is 11.0 Å². The van der Waals surface area contributed by atoms with Crippen LogP contribution in [0.1, 0.15) is 11.4 Å². The van der Waals surface area contributed by atoms with Gasteiger partial charge in [0.1, 0.15) is 5.82 Å². The molecule has 4 nitrogen and oxygen atoms in total. The summed E-state index contributed by atoms with van der Waals surface area (Å²) in [5.74, 6) is 0.938. The molecule has 0 unspecified atom stereocenters. The summed E-state index contributed by atoms with van der Waals surface area (Å²) in [6.45, 7) is 4.00. The number of H-pyrrole nitrogens is 2. The zero-order valence-corrected chi connectivity index (χ0v) is 9.20. The van der Waals surface area contributed by atoms with E-state index >= 15 is 0 Å². The van der Waals surface area contributed by atoms with Crippen LogP contribution in [0.4, 0.5) is 0 Å². The highest BCUT2D eigenvalue weighted by atomic mass is 15.1. The maximum atomic E-state index is 4.38. The molecular formula is C12H12N4. The smallest absolute Gasteiger partial charge is 0.104 e. The molecular weight excluding hydrogens is 200 g/mol. The number of imidazole rings is 1. The molecule has 0 spiro atoms. The number of aromatic amines is 2. The fourth-order valence-electron chi connectivity index (χ4n) is 1.93. The number of nitrogens with zero attached hydrogens (tertiary/aromatic N) is 2. The van der Waals surface area contributed by atoms with E-state index in [1.165, 1.54) is 0 Å². The van der Waals surface area contributed by atoms with E-state index in [2.05, 4.69) is 32.3 Å². The van der Waals surface area contributed by atoms with Crippen molar-refractivity contribution in [1.29, 1.82) is 0 Å². The molecule has 0 atom stereocenters. The van der Waals surface area contributed by atoms with Gasteiger partial charge in [-0.25, -0.2) is 4.98 Å². The predicted molar refractivity (Wildman–Crippen MR) is 63.1 cm³/mol. The fraction of sp³-hybridized carbons (Fsp3) is 0.167. The SMILES string of the molecule is Cc1nc2ccc(-c3[nH]ncc3C)cc2[nH]1. The number of nitrogens with one attached hydrogen (secondary N) is 2. The van der Waals surface area contributed by atoms with Gasteiger partial charge in [0, 0.05) is 5.56 Å². The van der Waals surface area contributed by atoms with Crippen molar-refractivity contribution in [2.24, 2.45) is 0 Å². The van der Waals surface area contributed by atoms with Crippen molar-refractivity contribution in [2.75, 3.05) is 0 Å². The normalized spacial score (nSPS) is 11.1. The van der Waals surface area contributed by atoms with E-state index in [9.17, 15) is 0 Å². The number of aromatic nitrogens is 4. The first-order valence-electron chi connectivity index (χ1n) is 5.21. The summed E-state index contributed by atoms with van der Waals surface area (Å²) < 4.78 is 0. The van der Waals surface area contributed by atoms with E-state index < -0.39 is 0 Å². The molecule has 0 radical (unpaired) electrons. The van der Waals surface area contributed by atoms with E-state index in [1.54, 1.807) is 0 Å². The van der Waals surface area contributed by atoms with E-state index in [0.29, 0.717) is 0 Å². The van der Waals surface area contributed by atoms with Gasteiger partial charge in [0.25, 0.3) is 0 Å². The van der Waals surface area contributed by atoms with Gasteiger partial charge in [-0.15, -0.1) is 0 Å². The van der Waals surface area contributed by atoms with Gasteiger partial charge in [0.15, 0.2) is 0 Å². The Hall–Kier alpha value is -2.10. The minimum Gasteiger partial charge on any atom is -0.342 e. The molecule has 0 aliphatic heterocycles. The lowest BCUT2D eigenvalue weighted by atomic mass is 10.1. The Labute approximate surface area is 92.7 Å². The Bertz CT molecular complexity index is 648. The monoisotopic (exact) mass is 212 g/mol. The first kappa shape index (κ1) is 9.15. The van der Waals surface area contributed by atoms with Crippen molar-refractivity contribution < 1.29 is 0 Å². The highest BCUT2D eigenvalue weighted by Gasteiger charge is 2.06. The molecule has 3 aromatic rings. The lowest BCUT2D eigenvalue weighted by Gasteiger charge is -1.99. The Morgan fingerprint density at radius 2 is 2.06 bits per heavy atom. The van der Waals surface area contributed by atoms with Crippen LogP contribution in [0.15, 0.2) is 24.4 Å². The minimum atomic E-state index is 0.938. The number of aryl methyl sites for hydroxylation is 2. The van der Waals surface area contributed by atoms with Crippen LogP contribution >= 0.6 is 0 Å². The van der Waals surface area contributed by atoms with E-state index in [1.807, 2.05) is 26.1 Å². The molecule has 0 amide bonds. The third-order valence-corrected chi connectivity index (χ3v) is 2.72. The van der Waals surface area contributed by atoms with Crippen molar-refractivity contribution in [3.8, 4) is 11.3 Å². The molecule has 2 heterocycles. The topological polar surface area (TPSA) is 57.4 Å². The summed E-state index contributed by atoms with van der Waals surface area (Å²) in [5, 5.41) is 7.04. The summed E-state index contributed by atoms with van der Waals surface area (Å²) in [6, 6.07) is 6.17. The van der Waals surface area contributed by atoms with Crippen LogP contribution in [-0.4, -0.2) is 20.2 Å². The molecule has 0 saturated heterocycles. The molecule has 1 aromatic carbocycles. The highest BCUT2D eigenvalue weighted by Crippen LogP contribution is 2.23. The Morgan fingerprint density at radius 3 is 2.81 bits per heavy atom. The van der Waals surface area contributed by atoms with Gasteiger partial charge in [-0.3, -0.25) is 5.10 Å². The van der Waals surface area contributed by atoms with Gasteiger partial charge in [-0.05, 0) is 31.5 Å². The van der Waals surface area contributed by atoms with Crippen molar-refractivity contribution in [3.05, 3.63) is 35.8 Å². The molecule has 3 rings (SSSR count). The minimum absolute atomic E-state index is 0.938. The lowest BCUT2D eigenvalue weighted by molar-refractivity contribution is 1.10. The average Bonchev–Trinajstić information content (AvgIpc) is 2.81. The average molecular weight is 212 g/mol. The molecule has 0 bridgehead atoms. The third kappa shape index (κ3) is 1.31. The zero-order valence-electron chi connectivity index (χ0n) is 9.20. The van der Waals surface area contributed by atoms with Crippen molar-refractivity contribution in [1.82, 2.24) is 20.2 Å². The number of rotatable bonds is 1. The first-order chi connectivity index (χ1) is 7.74. The quantitative estimate of drug-likeness (QED) is 0.651. The van der Waals surface area contributed by atoms with Crippen LogP contribution < -0.4 is 0 Å². The van der Waals surface area contributed by atoms with Crippen LogP contribution in [0.25, 0.3) is 22.3 Å². The van der Waals surface area contributed by atoms with Gasteiger partial charge >= 0.3 is 0 Å². The van der Waals surface area contributed by atoms with E-state index in [0.717, 1.165) is 33.7 Å². The molecule has 0 saturated carbocycles. The fourth-order valence-corrected chi connectivity index (χ4v) is 1.93. The Balaban J connectivity index is 2.22. The van der Waals surface area contributed by atoms with Crippen LogP contribution in [-0.2, 0) is 0 Å². The summed E-state index contributed by atoms with van der Waals surface area (Å²) in [6.07, 6.45) is 1.83. The lowest BCUT2D eigenvalue weighted by Crippen LogP contribution is -1.81. The molecule has 0 fully saturated rings. The van der Waals surface area contributed by atoms with Gasteiger partial charge in [0.2, 0.25) is 0 Å². The second-order valence-electron chi connectivity index (χ2n) is 3.98. The van der Waals surface area contributed by atoms with E-state index in [-0.39, 0.29) is 0 Å². The Morgan fingerprint density at radius 1 is 1.19 bits per heavy atom. The largest absolute Gasteiger partial charge is 0.342 e. The molecule has 2 aromatic heterocycles. The molecule has 80 valence electrons. The number of hydrogen-bond acceptors (Lipinski definition) is 2. The van der Waals surface area contributed by atoms with Gasteiger partial charge in [0.05, 0.1) is 22.9 Å². The first-order valence-corrected chi connectivity index (χ1v) is 5.21. The second-order valence-corrected chi connectivity index (χ2v) is 3.98. The molecule has 4 heteroatoms. The summed E-state index contributed by atoms with van der Waals surface area (Å²) in [5.41, 5.74) is 5.40. The summed E-state index contributed by atoms with van der Waals surface area (Å²) >= 11 is 0. The second kappa shape index (κ2) is 3.20. The van der Waals surface area contributed by atoms with Crippen LogP contribution in [0.2, 0.25) is 0 Å². The number of benzene rings is 1. The number of fused-ring (bicyclic) bond motifs is 1. The van der Waals surface area contributed by atoms with Gasteiger partial charge < -0.3 is 4.98 Å². The molecule has 2 N–H and O–H groups in total. The van der Waals surface area contributed by atoms with Crippen molar-refractivity contribution in [2.45, 2.75) is 13.8 Å². The predicted octanol–water partition coefficient (Wildman–Crippen LogP) is 2.57. The highest BCUT2D eigenvalue weighted by molar-refractivity contribution is 5.81. The van der Waals surface area contributed by atoms with Crippen LogP contribution in [0, 0.1) is 13.8 Å². The maximum absolute atomic E-state index is 4.38. The molecule has 0 aliphatic carbocycles. The van der Waals surface area contributed by atoms with Crippen LogP contribution in [0.5, 0.6) is 0 Å². The van der Waals surface area contributed by atoms with E-state index in [4.69, 9.17) is 0 Å². The summed E-state index contributed by atoms with van der Waals surface area (Å²) in [4.78, 5) is 7.61. The number of hydrogen-bond donors (Lipinski definition) is 2. The third-order valence-electron chi connectivity index (χ3n) is 2.72. The molecule has 16 heavy (non-hydrogen) atoms. The van der Waals surface area contributed by atoms with Gasteiger partial charge in [-0.1, -0.05) is 6.07 Å². The zero-order chi connectivity index (χ0) is 11.1.